The van der Waals surface area contributed by atoms with Crippen molar-refractivity contribution in [3.05, 3.63) is 85.1 Å². The second-order valence-electron chi connectivity index (χ2n) is 7.94. The van der Waals surface area contributed by atoms with E-state index in [-0.39, 0.29) is 5.96 Å². The van der Waals surface area contributed by atoms with Crippen LogP contribution in [0.3, 0.4) is 0 Å². The van der Waals surface area contributed by atoms with Crippen LogP contribution in [0.5, 0.6) is 0 Å². The molecule has 2 aromatic heterocycles. The summed E-state index contributed by atoms with van der Waals surface area (Å²) in [6, 6.07) is 25.3. The van der Waals surface area contributed by atoms with E-state index in [0.29, 0.717) is 5.82 Å². The number of hydrogen-bond acceptors (Lipinski definition) is 7. The van der Waals surface area contributed by atoms with Gasteiger partial charge in [0.2, 0.25) is 0 Å². The van der Waals surface area contributed by atoms with Gasteiger partial charge in [-0.05, 0) is 36.4 Å². The normalized spacial score (nSPS) is 13.9. The number of nitrogens with one attached hydrogen (secondary N) is 2. The molecule has 0 amide bonds. The second kappa shape index (κ2) is 10.6. The van der Waals surface area contributed by atoms with E-state index in [1.54, 1.807) is 6.07 Å². The number of ether oxygens (including phenoxy) is 1. The summed E-state index contributed by atoms with van der Waals surface area (Å²) in [4.78, 5) is 11.2. The third kappa shape index (κ3) is 5.71. The van der Waals surface area contributed by atoms with Crippen LogP contribution in [0.4, 0.5) is 28.7 Å². The third-order valence-electron chi connectivity index (χ3n) is 5.51. The molecule has 0 radical (unpaired) electrons. The molecule has 0 unspecified atom stereocenters. The zero-order chi connectivity index (χ0) is 23.9. The summed E-state index contributed by atoms with van der Waals surface area (Å²) in [6.07, 6.45) is 1.82. The highest BCUT2D eigenvalue weighted by Gasteiger charge is 2.12. The van der Waals surface area contributed by atoms with Crippen molar-refractivity contribution < 1.29 is 4.74 Å². The Morgan fingerprint density at radius 2 is 1.63 bits per heavy atom. The fourth-order valence-corrected chi connectivity index (χ4v) is 3.73. The van der Waals surface area contributed by atoms with E-state index < -0.39 is 0 Å². The lowest BCUT2D eigenvalue weighted by Gasteiger charge is -2.27. The van der Waals surface area contributed by atoms with E-state index in [2.05, 4.69) is 35.7 Å². The van der Waals surface area contributed by atoms with E-state index in [1.165, 1.54) is 0 Å². The minimum absolute atomic E-state index is 0.210. The van der Waals surface area contributed by atoms with Crippen LogP contribution in [-0.2, 0) is 4.74 Å². The largest absolute Gasteiger partial charge is 0.378 e. The average Bonchev–Trinajstić information content (AvgIpc) is 2.92. The summed E-state index contributed by atoms with van der Waals surface area (Å²) in [6.45, 7) is 3.16. The lowest BCUT2D eigenvalue weighted by Crippen LogP contribution is -2.36. The van der Waals surface area contributed by atoms with Crippen LogP contribution in [0.1, 0.15) is 0 Å². The number of morpholine rings is 1. The summed E-state index contributed by atoms with van der Waals surface area (Å²) in [7, 11) is 0. The first-order valence-electron chi connectivity index (χ1n) is 11.4. The number of benzene rings is 2. The first-order chi connectivity index (χ1) is 17.2. The number of nitrogens with two attached hydrogens (primary N) is 1. The first-order valence-corrected chi connectivity index (χ1v) is 11.4. The number of nitrogens with zero attached hydrogens (tertiary/aromatic N) is 5. The summed E-state index contributed by atoms with van der Waals surface area (Å²) in [5, 5.41) is 15.0. The maximum atomic E-state index is 6.17. The van der Waals surface area contributed by atoms with E-state index in [4.69, 9.17) is 10.5 Å². The lowest BCUT2D eigenvalue weighted by atomic mass is 10.1. The van der Waals surface area contributed by atoms with Crippen molar-refractivity contribution >= 4 is 34.7 Å². The van der Waals surface area contributed by atoms with E-state index >= 15 is 0 Å². The van der Waals surface area contributed by atoms with Crippen LogP contribution in [-0.4, -0.2) is 47.4 Å². The van der Waals surface area contributed by atoms with Crippen LogP contribution in [0, 0.1) is 0 Å². The Balaban J connectivity index is 1.26. The van der Waals surface area contributed by atoms with Gasteiger partial charge in [0.05, 0.1) is 42.2 Å². The van der Waals surface area contributed by atoms with Gasteiger partial charge in [-0.2, -0.15) is 4.99 Å². The highest BCUT2D eigenvalue weighted by atomic mass is 16.5. The summed E-state index contributed by atoms with van der Waals surface area (Å²) in [5.74, 6) is 1.57. The molecule has 1 saturated heterocycles. The maximum Gasteiger partial charge on any atom is 0.199 e. The van der Waals surface area contributed by atoms with Crippen molar-refractivity contribution in [2.24, 2.45) is 10.7 Å². The van der Waals surface area contributed by atoms with Gasteiger partial charge in [0, 0.05) is 18.7 Å². The number of anilines is 4. The number of rotatable bonds is 6. The molecule has 5 rings (SSSR count). The zero-order valence-electron chi connectivity index (χ0n) is 19.1. The van der Waals surface area contributed by atoms with Gasteiger partial charge in [0.1, 0.15) is 5.82 Å². The fraction of sp³-hybridized carbons (Fsp3) is 0.154. The number of hydrogen-bond donors (Lipinski definition) is 3. The Morgan fingerprint density at radius 1 is 0.857 bits per heavy atom. The van der Waals surface area contributed by atoms with Gasteiger partial charge in [-0.15, -0.1) is 10.2 Å². The van der Waals surface area contributed by atoms with Crippen molar-refractivity contribution in [1.82, 2.24) is 15.2 Å². The maximum absolute atomic E-state index is 6.17. The Bertz CT molecular complexity index is 1270. The first kappa shape index (κ1) is 22.3. The zero-order valence-corrected chi connectivity index (χ0v) is 19.1. The van der Waals surface area contributed by atoms with Crippen molar-refractivity contribution in [2.45, 2.75) is 0 Å². The van der Waals surface area contributed by atoms with Crippen molar-refractivity contribution in [3.63, 3.8) is 0 Å². The minimum atomic E-state index is 0.210. The van der Waals surface area contributed by atoms with Crippen LogP contribution >= 0.6 is 0 Å². The molecule has 0 spiro atoms. The molecule has 0 aliphatic carbocycles. The van der Waals surface area contributed by atoms with Gasteiger partial charge >= 0.3 is 0 Å². The monoisotopic (exact) mass is 466 g/mol. The predicted molar refractivity (Wildman–Crippen MR) is 139 cm³/mol. The molecule has 4 aromatic rings. The van der Waals surface area contributed by atoms with E-state index in [1.807, 2.05) is 79.0 Å². The molecule has 1 fully saturated rings. The minimum Gasteiger partial charge on any atom is -0.378 e. The van der Waals surface area contributed by atoms with Gasteiger partial charge in [-0.25, -0.2) is 4.98 Å². The number of aromatic nitrogens is 3. The van der Waals surface area contributed by atoms with Crippen molar-refractivity contribution in [2.75, 3.05) is 41.8 Å². The predicted octanol–water partition coefficient (Wildman–Crippen LogP) is 4.18. The number of pyridine rings is 1. The van der Waals surface area contributed by atoms with Gasteiger partial charge in [0.25, 0.3) is 0 Å². The molecule has 1 aliphatic heterocycles. The van der Waals surface area contributed by atoms with Gasteiger partial charge in [-0.1, -0.05) is 42.5 Å². The molecule has 176 valence electrons. The fourth-order valence-electron chi connectivity index (χ4n) is 3.73. The Labute approximate surface area is 203 Å². The molecule has 9 heteroatoms. The molecule has 4 N–H and O–H groups in total. The molecular formula is C26H26N8O. The van der Waals surface area contributed by atoms with Crippen LogP contribution in [0.2, 0.25) is 0 Å². The van der Waals surface area contributed by atoms with E-state index in [9.17, 15) is 0 Å². The summed E-state index contributed by atoms with van der Waals surface area (Å²) in [5.41, 5.74) is 10.4. The molecule has 2 aromatic carbocycles. The topological polar surface area (TPSA) is 114 Å². The summed E-state index contributed by atoms with van der Waals surface area (Å²) >= 11 is 0. The molecule has 0 bridgehead atoms. The highest BCUT2D eigenvalue weighted by Crippen LogP contribution is 2.26. The van der Waals surface area contributed by atoms with Crippen molar-refractivity contribution in [3.8, 4) is 11.3 Å². The number of guanidine groups is 1. The standard InChI is InChI=1S/C26H26N8O/c27-26(31-24-12-11-21(32-33-24)19-6-2-1-3-7-19)30-23-9-5-4-8-22(23)29-20-10-13-25(28-18-20)34-14-16-35-17-15-34/h1-13,18,29H,14-17H2,(H3,27,30,31,33). The molecule has 0 atom stereocenters. The van der Waals surface area contributed by atoms with Gasteiger partial charge in [-0.3, -0.25) is 0 Å². The molecular weight excluding hydrogens is 440 g/mol. The number of para-hydroxylation sites is 2. The third-order valence-corrected chi connectivity index (χ3v) is 5.51. The molecule has 3 heterocycles. The smallest absolute Gasteiger partial charge is 0.199 e. The molecule has 1 aliphatic rings. The number of aliphatic imine (C=N–C) groups is 1. The molecule has 9 nitrogen and oxygen atoms in total. The van der Waals surface area contributed by atoms with Gasteiger partial charge < -0.3 is 26.0 Å². The highest BCUT2D eigenvalue weighted by molar-refractivity contribution is 5.97. The second-order valence-corrected chi connectivity index (χ2v) is 7.94. The van der Waals surface area contributed by atoms with E-state index in [0.717, 1.165) is 60.4 Å². The Kier molecular flexibility index (Phi) is 6.77. The van der Waals surface area contributed by atoms with Crippen LogP contribution in [0.25, 0.3) is 11.3 Å². The SMILES string of the molecule is NC(=Nc1ccc(-c2ccccc2)nn1)Nc1ccccc1Nc1ccc(N2CCOCC2)nc1. The quantitative estimate of drug-likeness (QED) is 0.287. The summed E-state index contributed by atoms with van der Waals surface area (Å²) < 4.78 is 5.41. The van der Waals surface area contributed by atoms with Crippen molar-refractivity contribution in [1.29, 1.82) is 0 Å². The van der Waals surface area contributed by atoms with Crippen LogP contribution in [0.15, 0.2) is 90.1 Å². The molecule has 35 heavy (non-hydrogen) atoms. The Morgan fingerprint density at radius 3 is 2.34 bits per heavy atom. The van der Waals surface area contributed by atoms with Gasteiger partial charge in [0.15, 0.2) is 11.8 Å². The van der Waals surface area contributed by atoms with Crippen LogP contribution < -0.4 is 21.3 Å². The Hall–Kier alpha value is -4.50. The lowest BCUT2D eigenvalue weighted by molar-refractivity contribution is 0.122. The molecule has 0 saturated carbocycles. The average molecular weight is 467 g/mol.